The van der Waals surface area contributed by atoms with Gasteiger partial charge in [-0.3, -0.25) is 4.99 Å². The second kappa shape index (κ2) is 19.7. The molecule has 2 rings (SSSR count). The van der Waals surface area contributed by atoms with Crippen LogP contribution in [-0.4, -0.2) is 6.21 Å². The molecule has 0 saturated heterocycles. The number of rotatable bonds is 19. The third kappa shape index (κ3) is 12.7. The van der Waals surface area contributed by atoms with Crippen LogP contribution in [-0.2, 0) is 19.3 Å². The van der Waals surface area contributed by atoms with Gasteiger partial charge in [0.25, 0.3) is 0 Å². The third-order valence-corrected chi connectivity index (χ3v) is 9.29. The first-order valence-electron chi connectivity index (χ1n) is 17.7. The fourth-order valence-corrected chi connectivity index (χ4v) is 6.25. The Morgan fingerprint density at radius 1 is 0.773 bits per heavy atom. The molecule has 0 aliphatic heterocycles. The van der Waals surface area contributed by atoms with Crippen LogP contribution in [0.15, 0.2) is 53.1 Å². The molecule has 2 aromatic rings. The summed E-state index contributed by atoms with van der Waals surface area (Å²) in [5.74, 6) is 1.18. The van der Waals surface area contributed by atoms with Crippen LogP contribution in [0.2, 0.25) is 0 Å². The van der Waals surface area contributed by atoms with Gasteiger partial charge in [0.15, 0.2) is 0 Å². The van der Waals surface area contributed by atoms with Gasteiger partial charge >= 0.3 is 0 Å². The molecule has 0 aliphatic rings. The highest BCUT2D eigenvalue weighted by atomic mass is 14.7. The van der Waals surface area contributed by atoms with Crippen molar-refractivity contribution in [2.75, 3.05) is 0 Å². The van der Waals surface area contributed by atoms with Crippen molar-refractivity contribution in [3.05, 3.63) is 87.0 Å². The van der Waals surface area contributed by atoms with E-state index in [4.69, 9.17) is 4.99 Å². The molecular weight excluding hydrogens is 530 g/mol. The topological polar surface area (TPSA) is 12.4 Å². The summed E-state index contributed by atoms with van der Waals surface area (Å²) in [6, 6.07) is 9.62. The van der Waals surface area contributed by atoms with Crippen LogP contribution in [0.4, 0.5) is 5.69 Å². The van der Waals surface area contributed by atoms with E-state index < -0.39 is 0 Å². The molecule has 0 aliphatic carbocycles. The van der Waals surface area contributed by atoms with Crippen molar-refractivity contribution in [2.24, 2.45) is 16.8 Å². The largest absolute Gasteiger partial charge is 0.260 e. The first-order valence-corrected chi connectivity index (χ1v) is 17.7. The molecule has 0 amide bonds. The zero-order valence-corrected chi connectivity index (χ0v) is 30.3. The number of hydrogen-bond acceptors (Lipinski definition) is 1. The monoisotopic (exact) mass is 596 g/mol. The molecule has 242 valence electrons. The van der Waals surface area contributed by atoms with E-state index in [1.54, 1.807) is 0 Å². The Balaban J connectivity index is 1.95. The maximum absolute atomic E-state index is 5.01. The van der Waals surface area contributed by atoms with Gasteiger partial charge in [-0.1, -0.05) is 102 Å². The highest BCUT2D eigenvalue weighted by Gasteiger charge is 2.11. The molecular formula is C43H65N. The minimum absolute atomic E-state index is 0.425. The second-order valence-corrected chi connectivity index (χ2v) is 13.9. The molecule has 0 bridgehead atoms. The predicted octanol–water partition coefficient (Wildman–Crippen LogP) is 13.6. The molecule has 0 aromatic heterocycles. The quantitative estimate of drug-likeness (QED) is 0.0870. The maximum atomic E-state index is 5.01. The molecule has 0 fully saturated rings. The molecule has 0 radical (unpaired) electrons. The number of benzene rings is 2. The number of aliphatic imine (C=N–C) groups is 1. The molecule has 0 spiro atoms. The molecule has 0 saturated carbocycles. The summed E-state index contributed by atoms with van der Waals surface area (Å²) in [4.78, 5) is 5.01. The van der Waals surface area contributed by atoms with E-state index in [2.05, 4.69) is 118 Å². The van der Waals surface area contributed by atoms with Crippen molar-refractivity contribution in [3.8, 4) is 0 Å². The Morgan fingerprint density at radius 2 is 1.41 bits per heavy atom. The molecule has 0 heterocycles. The normalized spacial score (nSPS) is 14.0. The highest BCUT2D eigenvalue weighted by Crippen LogP contribution is 2.31. The average molecular weight is 596 g/mol. The SMILES string of the molecule is C=C(C)c1cc(CCC)c(CCCCCCCc2cc(C)c(/C=C(/C)CC(C)CC)cc2C)cc1N=CC(C)C/C(C)=C\C. The van der Waals surface area contributed by atoms with Crippen LogP contribution < -0.4 is 0 Å². The van der Waals surface area contributed by atoms with Gasteiger partial charge in [0.2, 0.25) is 0 Å². The molecule has 0 N–H and O–H groups in total. The van der Waals surface area contributed by atoms with E-state index in [0.717, 1.165) is 36.4 Å². The van der Waals surface area contributed by atoms with E-state index in [1.165, 1.54) is 108 Å². The van der Waals surface area contributed by atoms with Crippen molar-refractivity contribution >= 4 is 23.6 Å². The second-order valence-electron chi connectivity index (χ2n) is 13.9. The number of unbranched alkanes of at least 4 members (excludes halogenated alkanes) is 4. The summed E-state index contributed by atoms with van der Waals surface area (Å²) in [6.45, 7) is 26.8. The van der Waals surface area contributed by atoms with Crippen LogP contribution in [0.25, 0.3) is 11.6 Å². The minimum atomic E-state index is 0.425. The lowest BCUT2D eigenvalue weighted by atomic mass is 9.92. The fourth-order valence-electron chi connectivity index (χ4n) is 6.25. The smallest absolute Gasteiger partial charge is 0.0703 e. The van der Waals surface area contributed by atoms with E-state index in [-0.39, 0.29) is 0 Å². The highest BCUT2D eigenvalue weighted by molar-refractivity contribution is 5.77. The van der Waals surface area contributed by atoms with Crippen molar-refractivity contribution in [3.63, 3.8) is 0 Å². The average Bonchev–Trinajstić information content (AvgIpc) is 2.98. The Labute approximate surface area is 273 Å². The fraction of sp³-hybridized carbons (Fsp3) is 0.558. The van der Waals surface area contributed by atoms with E-state index in [9.17, 15) is 0 Å². The standard InChI is InChI=1S/C43H65N/c1-12-20-39-28-42(31(4)5)43(44-30-35(9)24-33(7)14-3)29-40(39)22-19-17-15-16-18-21-38-26-37(11)41(27-36(38)10)25-34(8)23-32(6)13-2/h14,25-30,32,35H,4,12-13,15-24H2,1-3,5-11H3/b33-14-,34-25-,44-30?. The first kappa shape index (κ1) is 37.5. The summed E-state index contributed by atoms with van der Waals surface area (Å²) in [5, 5.41) is 0. The molecule has 2 atom stereocenters. The lowest BCUT2D eigenvalue weighted by molar-refractivity contribution is 0.559. The lowest BCUT2D eigenvalue weighted by Gasteiger charge is -2.15. The number of aryl methyl sites for hydroxylation is 5. The maximum Gasteiger partial charge on any atom is 0.0703 e. The van der Waals surface area contributed by atoms with Crippen LogP contribution in [0, 0.1) is 25.7 Å². The van der Waals surface area contributed by atoms with Crippen LogP contribution in [0.1, 0.15) is 152 Å². The van der Waals surface area contributed by atoms with Crippen LogP contribution >= 0.6 is 0 Å². The Bertz CT molecular complexity index is 1280. The molecule has 44 heavy (non-hydrogen) atoms. The molecule has 1 nitrogen and oxygen atoms in total. The molecule has 2 unspecified atom stereocenters. The summed E-state index contributed by atoms with van der Waals surface area (Å²) >= 11 is 0. The summed E-state index contributed by atoms with van der Waals surface area (Å²) in [5.41, 5.74) is 15.1. The van der Waals surface area contributed by atoms with Gasteiger partial charge in [0, 0.05) is 11.8 Å². The van der Waals surface area contributed by atoms with Crippen molar-refractivity contribution in [2.45, 2.75) is 146 Å². The Morgan fingerprint density at radius 3 is 2.02 bits per heavy atom. The van der Waals surface area contributed by atoms with Gasteiger partial charge < -0.3 is 0 Å². The first-order chi connectivity index (χ1) is 21.0. The minimum Gasteiger partial charge on any atom is -0.260 e. The Kier molecular flexibility index (Phi) is 16.8. The Hall–Kier alpha value is -2.67. The van der Waals surface area contributed by atoms with Gasteiger partial charge in [-0.15, -0.1) is 0 Å². The lowest BCUT2D eigenvalue weighted by Crippen LogP contribution is -1.99. The van der Waals surface area contributed by atoms with Crippen LogP contribution in [0.5, 0.6) is 0 Å². The van der Waals surface area contributed by atoms with E-state index in [0.29, 0.717) is 5.92 Å². The number of hydrogen-bond donors (Lipinski definition) is 0. The number of allylic oxidation sites excluding steroid dienone is 4. The summed E-state index contributed by atoms with van der Waals surface area (Å²) in [6.07, 6.45) is 21.3. The van der Waals surface area contributed by atoms with Gasteiger partial charge in [0.1, 0.15) is 0 Å². The summed E-state index contributed by atoms with van der Waals surface area (Å²) < 4.78 is 0. The van der Waals surface area contributed by atoms with Crippen LogP contribution in [0.3, 0.4) is 0 Å². The van der Waals surface area contributed by atoms with Crippen molar-refractivity contribution in [1.82, 2.24) is 0 Å². The number of nitrogens with zero attached hydrogens (tertiary/aromatic N) is 1. The van der Waals surface area contributed by atoms with Crippen molar-refractivity contribution < 1.29 is 0 Å². The zero-order valence-electron chi connectivity index (χ0n) is 30.3. The van der Waals surface area contributed by atoms with E-state index >= 15 is 0 Å². The van der Waals surface area contributed by atoms with E-state index in [1.807, 2.05) is 0 Å². The molecule has 2 aromatic carbocycles. The van der Waals surface area contributed by atoms with Gasteiger partial charge in [0.05, 0.1) is 5.69 Å². The molecule has 1 heteroatoms. The van der Waals surface area contributed by atoms with Crippen molar-refractivity contribution in [1.29, 1.82) is 0 Å². The van der Waals surface area contributed by atoms with Gasteiger partial charge in [-0.05, 0) is 149 Å². The zero-order chi connectivity index (χ0) is 32.6. The van der Waals surface area contributed by atoms with Gasteiger partial charge in [-0.25, -0.2) is 0 Å². The predicted molar refractivity (Wildman–Crippen MR) is 201 cm³/mol. The van der Waals surface area contributed by atoms with Gasteiger partial charge in [-0.2, -0.15) is 0 Å². The summed E-state index contributed by atoms with van der Waals surface area (Å²) in [7, 11) is 0. The third-order valence-electron chi connectivity index (χ3n) is 9.29.